The third-order valence-electron chi connectivity index (χ3n) is 4.72. The number of hydrogen-bond acceptors (Lipinski definition) is 8. The van der Waals surface area contributed by atoms with Gasteiger partial charge in [0.1, 0.15) is 35.9 Å². The van der Waals surface area contributed by atoms with Gasteiger partial charge in [0.05, 0.1) is 30.4 Å². The molecule has 1 aliphatic rings. The van der Waals surface area contributed by atoms with Crippen LogP contribution < -0.4 is 15.2 Å². The summed E-state index contributed by atoms with van der Waals surface area (Å²) in [7, 11) is 0. The summed E-state index contributed by atoms with van der Waals surface area (Å²) in [6, 6.07) is 7.14. The smallest absolute Gasteiger partial charge is 0.344 e. The third kappa shape index (κ3) is 2.82. The summed E-state index contributed by atoms with van der Waals surface area (Å²) in [6.07, 6.45) is 1.58. The van der Waals surface area contributed by atoms with Crippen molar-refractivity contribution in [3.8, 4) is 11.5 Å². The number of hydrogen-bond donors (Lipinski definition) is 1. The van der Waals surface area contributed by atoms with Gasteiger partial charge in [0, 0.05) is 12.1 Å². The fourth-order valence-corrected chi connectivity index (χ4v) is 3.43. The SMILES string of the molecule is CCOC(=O)c1c(N)n(Cc2ccco2)c2nc3cc4c(cc3nc12)OCCO4. The van der Waals surface area contributed by atoms with Gasteiger partial charge >= 0.3 is 5.97 Å². The van der Waals surface area contributed by atoms with E-state index in [9.17, 15) is 4.79 Å². The van der Waals surface area contributed by atoms with Crippen LogP contribution in [0.15, 0.2) is 34.9 Å². The van der Waals surface area contributed by atoms with Gasteiger partial charge in [-0.05, 0) is 19.1 Å². The predicted octanol–water partition coefficient (Wildman–Crippen LogP) is 2.76. The molecular weight excluding hydrogens is 376 g/mol. The van der Waals surface area contributed by atoms with Crippen molar-refractivity contribution in [2.24, 2.45) is 0 Å². The number of carbonyl (C=O) groups is 1. The number of carbonyl (C=O) groups excluding carboxylic acids is 1. The van der Waals surface area contributed by atoms with Crippen LogP contribution in [0, 0.1) is 0 Å². The second-order valence-electron chi connectivity index (χ2n) is 6.53. The average Bonchev–Trinajstić information content (AvgIpc) is 3.32. The van der Waals surface area contributed by atoms with E-state index < -0.39 is 5.97 Å². The molecule has 0 radical (unpaired) electrons. The summed E-state index contributed by atoms with van der Waals surface area (Å²) < 4.78 is 23.6. The van der Waals surface area contributed by atoms with Crippen molar-refractivity contribution in [2.45, 2.75) is 13.5 Å². The Kier molecular flexibility index (Phi) is 4.01. The fourth-order valence-electron chi connectivity index (χ4n) is 3.43. The molecule has 148 valence electrons. The maximum atomic E-state index is 12.6. The first-order valence-electron chi connectivity index (χ1n) is 9.24. The number of nitrogens with zero attached hydrogens (tertiary/aromatic N) is 3. The van der Waals surface area contributed by atoms with Crippen LogP contribution in [0.1, 0.15) is 23.0 Å². The number of nitrogen functional groups attached to an aromatic ring is 1. The van der Waals surface area contributed by atoms with Crippen LogP contribution in [0.2, 0.25) is 0 Å². The molecule has 3 aromatic heterocycles. The standard InChI is InChI=1S/C20H18N4O5/c1-2-26-20(25)16-17-19(24(18(16)21)10-11-4-3-5-27-11)23-13-9-15-14(8-12(13)22-17)28-6-7-29-15/h3-5,8-9H,2,6-7,10,21H2,1H3. The fraction of sp³-hybridized carbons (Fsp3) is 0.250. The Morgan fingerprint density at radius 2 is 1.93 bits per heavy atom. The number of esters is 1. The zero-order chi connectivity index (χ0) is 20.0. The second kappa shape index (κ2) is 6.69. The van der Waals surface area contributed by atoms with Crippen LogP contribution in [0.5, 0.6) is 11.5 Å². The molecule has 2 N–H and O–H groups in total. The number of aromatic nitrogens is 3. The predicted molar refractivity (Wildman–Crippen MR) is 104 cm³/mol. The number of fused-ring (bicyclic) bond motifs is 3. The minimum atomic E-state index is -0.542. The van der Waals surface area contributed by atoms with E-state index >= 15 is 0 Å². The Labute approximate surface area is 165 Å². The van der Waals surface area contributed by atoms with Crippen molar-refractivity contribution >= 4 is 34.0 Å². The zero-order valence-corrected chi connectivity index (χ0v) is 15.7. The van der Waals surface area contributed by atoms with Gasteiger partial charge in [0.25, 0.3) is 0 Å². The molecule has 0 spiro atoms. The van der Waals surface area contributed by atoms with E-state index in [1.807, 2.05) is 6.07 Å². The molecule has 0 fully saturated rings. The van der Waals surface area contributed by atoms with Crippen molar-refractivity contribution in [2.75, 3.05) is 25.6 Å². The Morgan fingerprint density at radius 1 is 1.21 bits per heavy atom. The third-order valence-corrected chi connectivity index (χ3v) is 4.72. The Balaban J connectivity index is 1.76. The maximum Gasteiger partial charge on any atom is 0.344 e. The van der Waals surface area contributed by atoms with Crippen LogP contribution in [-0.4, -0.2) is 40.3 Å². The van der Waals surface area contributed by atoms with E-state index in [0.29, 0.717) is 59.2 Å². The first kappa shape index (κ1) is 17.4. The van der Waals surface area contributed by atoms with Gasteiger partial charge in [-0.3, -0.25) is 0 Å². The monoisotopic (exact) mass is 394 g/mol. The molecule has 9 nitrogen and oxygen atoms in total. The first-order chi connectivity index (χ1) is 14.2. The topological polar surface area (TPSA) is 115 Å². The molecule has 1 aliphatic heterocycles. The van der Waals surface area contributed by atoms with Crippen molar-refractivity contribution in [1.82, 2.24) is 14.5 Å². The van der Waals surface area contributed by atoms with Gasteiger partial charge in [0.2, 0.25) is 0 Å². The number of ether oxygens (including phenoxy) is 3. The zero-order valence-electron chi connectivity index (χ0n) is 15.7. The summed E-state index contributed by atoms with van der Waals surface area (Å²) in [4.78, 5) is 22.0. The molecule has 4 heterocycles. The molecule has 29 heavy (non-hydrogen) atoms. The Bertz CT molecular complexity index is 1230. The lowest BCUT2D eigenvalue weighted by molar-refractivity contribution is 0.0529. The molecule has 0 saturated carbocycles. The lowest BCUT2D eigenvalue weighted by atomic mass is 10.2. The molecule has 5 rings (SSSR count). The van der Waals surface area contributed by atoms with Gasteiger partial charge in [-0.1, -0.05) is 0 Å². The van der Waals surface area contributed by atoms with Crippen molar-refractivity contribution in [1.29, 1.82) is 0 Å². The number of benzene rings is 1. The molecule has 0 unspecified atom stereocenters. The van der Waals surface area contributed by atoms with Gasteiger partial charge in [-0.2, -0.15) is 0 Å². The highest BCUT2D eigenvalue weighted by Crippen LogP contribution is 2.35. The van der Waals surface area contributed by atoms with Crippen molar-refractivity contribution in [3.63, 3.8) is 0 Å². The highest BCUT2D eigenvalue weighted by atomic mass is 16.6. The Hall–Kier alpha value is -3.75. The molecule has 0 bridgehead atoms. The second-order valence-corrected chi connectivity index (χ2v) is 6.53. The van der Waals surface area contributed by atoms with Crippen molar-refractivity contribution in [3.05, 3.63) is 41.9 Å². The lowest BCUT2D eigenvalue weighted by Gasteiger charge is -2.18. The van der Waals surface area contributed by atoms with Crippen LogP contribution in [-0.2, 0) is 11.3 Å². The quantitative estimate of drug-likeness (QED) is 0.526. The van der Waals surface area contributed by atoms with E-state index in [-0.39, 0.29) is 18.0 Å². The van der Waals surface area contributed by atoms with Crippen LogP contribution >= 0.6 is 0 Å². The van der Waals surface area contributed by atoms with Crippen molar-refractivity contribution < 1.29 is 23.4 Å². The highest BCUT2D eigenvalue weighted by Gasteiger charge is 2.26. The van der Waals surface area contributed by atoms with Gasteiger partial charge in [-0.25, -0.2) is 14.8 Å². The number of furan rings is 1. The van der Waals surface area contributed by atoms with Gasteiger partial charge in [0.15, 0.2) is 17.1 Å². The normalized spacial score (nSPS) is 13.1. The number of nitrogens with two attached hydrogens (primary N) is 1. The summed E-state index contributed by atoms with van der Waals surface area (Å²) in [6.45, 7) is 3.21. The summed E-state index contributed by atoms with van der Waals surface area (Å²) in [5.41, 5.74) is 8.55. The number of anilines is 1. The van der Waals surface area contributed by atoms with Crippen LogP contribution in [0.3, 0.4) is 0 Å². The summed E-state index contributed by atoms with van der Waals surface area (Å²) in [5, 5.41) is 0. The molecule has 4 aromatic rings. The Morgan fingerprint density at radius 3 is 2.59 bits per heavy atom. The molecule has 0 saturated heterocycles. The van der Waals surface area contributed by atoms with E-state index in [0.717, 1.165) is 0 Å². The van der Waals surface area contributed by atoms with Crippen LogP contribution in [0.4, 0.5) is 5.82 Å². The van der Waals surface area contributed by atoms with E-state index in [1.54, 1.807) is 36.0 Å². The highest BCUT2D eigenvalue weighted by molar-refractivity contribution is 6.08. The molecular formula is C20H18N4O5. The largest absolute Gasteiger partial charge is 0.486 e. The lowest BCUT2D eigenvalue weighted by Crippen LogP contribution is -2.15. The van der Waals surface area contributed by atoms with E-state index in [2.05, 4.69) is 4.98 Å². The summed E-state index contributed by atoms with van der Waals surface area (Å²) in [5.74, 6) is 1.56. The van der Waals surface area contributed by atoms with Gasteiger partial charge in [-0.15, -0.1) is 0 Å². The van der Waals surface area contributed by atoms with Crippen LogP contribution in [0.25, 0.3) is 22.2 Å². The maximum absolute atomic E-state index is 12.6. The van der Waals surface area contributed by atoms with E-state index in [4.69, 9.17) is 29.3 Å². The minimum Gasteiger partial charge on any atom is -0.486 e. The van der Waals surface area contributed by atoms with E-state index in [1.165, 1.54) is 0 Å². The number of rotatable bonds is 4. The molecule has 0 amide bonds. The average molecular weight is 394 g/mol. The molecule has 0 aliphatic carbocycles. The minimum absolute atomic E-state index is 0.192. The molecule has 0 atom stereocenters. The van der Waals surface area contributed by atoms with Gasteiger partial charge < -0.3 is 28.9 Å². The summed E-state index contributed by atoms with van der Waals surface area (Å²) >= 11 is 0. The first-order valence-corrected chi connectivity index (χ1v) is 9.24. The molecule has 1 aromatic carbocycles. The molecule has 9 heteroatoms.